The quantitative estimate of drug-likeness (QED) is 0.121. The van der Waals surface area contributed by atoms with E-state index in [1.165, 1.54) is 11.8 Å². The highest BCUT2D eigenvalue weighted by Crippen LogP contribution is 2.20. The molecule has 176 valence electrons. The van der Waals surface area contributed by atoms with Gasteiger partial charge < -0.3 is 37.8 Å². The molecule has 1 fully saturated rings. The molecule has 0 radical (unpaired) electrons. The molecule has 3 amide bonds. The van der Waals surface area contributed by atoms with E-state index in [1.54, 1.807) is 0 Å². The molecule has 1 heterocycles. The predicted octanol–water partition coefficient (Wildman–Crippen LogP) is -1.91. The lowest BCUT2D eigenvalue weighted by atomic mass is 10.0. The molecule has 1 aliphatic heterocycles. The number of hydrogen-bond donors (Lipinski definition) is 6. The Labute approximate surface area is 182 Å². The van der Waals surface area contributed by atoms with Crippen LogP contribution in [0.15, 0.2) is 4.99 Å². The first-order valence-corrected chi connectivity index (χ1v) is 10.4. The van der Waals surface area contributed by atoms with E-state index in [1.807, 2.05) is 13.8 Å². The molecule has 12 nitrogen and oxygen atoms in total. The minimum Gasteiger partial charge on any atom is -0.480 e. The van der Waals surface area contributed by atoms with Gasteiger partial charge in [-0.1, -0.05) is 13.8 Å². The van der Waals surface area contributed by atoms with Gasteiger partial charge in [0.2, 0.25) is 17.7 Å². The van der Waals surface area contributed by atoms with Gasteiger partial charge in [-0.2, -0.15) is 0 Å². The zero-order valence-corrected chi connectivity index (χ0v) is 18.3. The Hall–Kier alpha value is -2.89. The van der Waals surface area contributed by atoms with Gasteiger partial charge in [0.05, 0.1) is 6.04 Å². The number of guanidine groups is 1. The highest BCUT2D eigenvalue weighted by molar-refractivity contribution is 5.94. The minimum absolute atomic E-state index is 0.0681. The number of nitrogens with zero attached hydrogens (tertiary/aromatic N) is 2. The molecule has 1 rings (SSSR count). The van der Waals surface area contributed by atoms with E-state index in [0.29, 0.717) is 25.8 Å². The number of carboxylic acids is 1. The second kappa shape index (κ2) is 12.1. The van der Waals surface area contributed by atoms with E-state index >= 15 is 0 Å². The lowest BCUT2D eigenvalue weighted by Gasteiger charge is -2.29. The summed E-state index contributed by atoms with van der Waals surface area (Å²) >= 11 is 0. The first-order valence-electron chi connectivity index (χ1n) is 10.4. The second-order valence-electron chi connectivity index (χ2n) is 8.04. The van der Waals surface area contributed by atoms with E-state index in [9.17, 15) is 24.3 Å². The Morgan fingerprint density at radius 2 is 1.81 bits per heavy atom. The van der Waals surface area contributed by atoms with E-state index in [2.05, 4.69) is 15.6 Å². The Morgan fingerprint density at radius 3 is 2.35 bits per heavy atom. The summed E-state index contributed by atoms with van der Waals surface area (Å²) in [4.78, 5) is 54.3. The number of aliphatic carboxylic acids is 1. The zero-order chi connectivity index (χ0) is 23.7. The van der Waals surface area contributed by atoms with Crippen molar-refractivity contribution in [2.45, 2.75) is 70.6 Å². The Morgan fingerprint density at radius 1 is 1.16 bits per heavy atom. The zero-order valence-electron chi connectivity index (χ0n) is 18.3. The molecule has 4 atom stereocenters. The van der Waals surface area contributed by atoms with Crippen molar-refractivity contribution in [3.05, 3.63) is 0 Å². The molecule has 0 bridgehead atoms. The summed E-state index contributed by atoms with van der Waals surface area (Å²) in [6.45, 7) is 5.77. The maximum absolute atomic E-state index is 12.7. The average molecular weight is 442 g/mol. The fourth-order valence-corrected chi connectivity index (χ4v) is 3.21. The summed E-state index contributed by atoms with van der Waals surface area (Å²) in [5.41, 5.74) is 16.4. The third kappa shape index (κ3) is 8.04. The van der Waals surface area contributed by atoms with Crippen molar-refractivity contribution in [2.75, 3.05) is 13.1 Å². The molecule has 0 aromatic rings. The number of hydrogen-bond acceptors (Lipinski definition) is 6. The van der Waals surface area contributed by atoms with Crippen LogP contribution in [0.25, 0.3) is 0 Å². The van der Waals surface area contributed by atoms with Gasteiger partial charge in [-0.15, -0.1) is 0 Å². The van der Waals surface area contributed by atoms with Crippen LogP contribution in [0.1, 0.15) is 46.5 Å². The van der Waals surface area contributed by atoms with Crippen molar-refractivity contribution in [1.29, 1.82) is 0 Å². The predicted molar refractivity (Wildman–Crippen MR) is 115 cm³/mol. The summed E-state index contributed by atoms with van der Waals surface area (Å²) < 4.78 is 0. The summed E-state index contributed by atoms with van der Waals surface area (Å²) in [6, 6.07) is -3.54. The van der Waals surface area contributed by atoms with Crippen LogP contribution in [0.4, 0.5) is 0 Å². The molecule has 0 aliphatic carbocycles. The van der Waals surface area contributed by atoms with Gasteiger partial charge in [-0.05, 0) is 38.5 Å². The maximum Gasteiger partial charge on any atom is 0.326 e. The number of rotatable bonds is 11. The van der Waals surface area contributed by atoms with Gasteiger partial charge in [0.1, 0.15) is 18.1 Å². The van der Waals surface area contributed by atoms with Crippen LogP contribution in [-0.2, 0) is 19.2 Å². The van der Waals surface area contributed by atoms with Crippen molar-refractivity contribution in [3.8, 4) is 0 Å². The third-order valence-electron chi connectivity index (χ3n) is 5.15. The summed E-state index contributed by atoms with van der Waals surface area (Å²) in [6.07, 6.45) is 1.60. The minimum atomic E-state index is -1.20. The van der Waals surface area contributed by atoms with Crippen molar-refractivity contribution in [2.24, 2.45) is 28.1 Å². The molecule has 0 spiro atoms. The first-order chi connectivity index (χ1) is 14.5. The van der Waals surface area contributed by atoms with Crippen molar-refractivity contribution in [1.82, 2.24) is 15.5 Å². The second-order valence-corrected chi connectivity index (χ2v) is 8.04. The third-order valence-corrected chi connectivity index (χ3v) is 5.15. The number of carbonyl (C=O) groups is 4. The normalized spacial score (nSPS) is 18.7. The number of nitrogens with two attached hydrogens (primary N) is 3. The van der Waals surface area contributed by atoms with Crippen LogP contribution in [0.2, 0.25) is 0 Å². The summed E-state index contributed by atoms with van der Waals surface area (Å²) in [7, 11) is 0. The Balaban J connectivity index is 2.65. The molecule has 0 aromatic carbocycles. The van der Waals surface area contributed by atoms with Gasteiger partial charge in [0, 0.05) is 13.1 Å². The van der Waals surface area contributed by atoms with Crippen molar-refractivity contribution < 1.29 is 24.3 Å². The molecular weight excluding hydrogens is 406 g/mol. The standard InChI is InChI=1S/C19H35N7O5/c1-10(2)14(20)17(29)26-9-5-7-13(26)16(28)24-11(3)15(27)25-12(18(30)31)6-4-8-23-19(21)22/h10-14H,4-9,20H2,1-3H3,(H,24,28)(H,25,27)(H,30,31)(H4,21,22,23). The number of amides is 3. The fourth-order valence-electron chi connectivity index (χ4n) is 3.21. The average Bonchev–Trinajstić information content (AvgIpc) is 3.18. The SMILES string of the molecule is CC(NC(=O)C1CCCN1C(=O)C(N)C(C)C)C(=O)NC(CCCN=C(N)N)C(=O)O. The van der Waals surface area contributed by atoms with Crippen molar-refractivity contribution >= 4 is 29.7 Å². The van der Waals surface area contributed by atoms with Crippen molar-refractivity contribution in [3.63, 3.8) is 0 Å². The Kier molecular flexibility index (Phi) is 10.2. The molecule has 0 saturated carbocycles. The lowest BCUT2D eigenvalue weighted by molar-refractivity contribution is -0.143. The number of aliphatic imine (C=N–C) groups is 1. The smallest absolute Gasteiger partial charge is 0.326 e. The van der Waals surface area contributed by atoms with Gasteiger partial charge in [-0.25, -0.2) is 4.79 Å². The largest absolute Gasteiger partial charge is 0.480 e. The monoisotopic (exact) mass is 441 g/mol. The highest BCUT2D eigenvalue weighted by Gasteiger charge is 2.37. The topological polar surface area (TPSA) is 206 Å². The van der Waals surface area contributed by atoms with Gasteiger partial charge in [0.25, 0.3) is 0 Å². The number of likely N-dealkylation sites (tertiary alicyclic amines) is 1. The lowest BCUT2D eigenvalue weighted by Crippen LogP contribution is -2.56. The molecule has 4 unspecified atom stereocenters. The van der Waals surface area contributed by atoms with Crippen LogP contribution in [0.3, 0.4) is 0 Å². The van der Waals surface area contributed by atoms with E-state index in [4.69, 9.17) is 17.2 Å². The number of nitrogens with one attached hydrogen (secondary N) is 2. The summed E-state index contributed by atoms with van der Waals surface area (Å²) in [5.74, 6) is -2.77. The van der Waals surface area contributed by atoms with Gasteiger partial charge in [-0.3, -0.25) is 19.4 Å². The molecule has 12 heteroatoms. The summed E-state index contributed by atoms with van der Waals surface area (Å²) in [5, 5.41) is 14.3. The van der Waals surface area contributed by atoms with Crippen LogP contribution < -0.4 is 27.8 Å². The van der Waals surface area contributed by atoms with Crippen LogP contribution in [0, 0.1) is 5.92 Å². The van der Waals surface area contributed by atoms with E-state index in [0.717, 1.165) is 0 Å². The van der Waals surface area contributed by atoms with Crippen LogP contribution in [0.5, 0.6) is 0 Å². The molecule has 1 aliphatic rings. The van der Waals surface area contributed by atoms with Gasteiger partial charge in [0.15, 0.2) is 5.96 Å². The highest BCUT2D eigenvalue weighted by atomic mass is 16.4. The molecule has 0 aromatic heterocycles. The Bertz CT molecular complexity index is 693. The molecule has 1 saturated heterocycles. The maximum atomic E-state index is 12.7. The fraction of sp³-hybridized carbons (Fsp3) is 0.737. The first kappa shape index (κ1) is 26.1. The van der Waals surface area contributed by atoms with E-state index in [-0.39, 0.29) is 30.8 Å². The molecule has 31 heavy (non-hydrogen) atoms. The van der Waals surface area contributed by atoms with Gasteiger partial charge >= 0.3 is 5.97 Å². The van der Waals surface area contributed by atoms with Crippen LogP contribution >= 0.6 is 0 Å². The molecular formula is C19H35N7O5. The van der Waals surface area contributed by atoms with Crippen LogP contribution in [-0.4, -0.2) is 76.9 Å². The number of carbonyl (C=O) groups excluding carboxylic acids is 3. The number of carboxylic acid groups (broad SMARTS) is 1. The molecule has 9 N–H and O–H groups in total. The van der Waals surface area contributed by atoms with E-state index < -0.39 is 42.0 Å².